The Bertz CT molecular complexity index is 233. The second-order valence-electron chi connectivity index (χ2n) is 5.85. The highest BCUT2D eigenvalue weighted by molar-refractivity contribution is 5.75. The zero-order valence-corrected chi connectivity index (χ0v) is 10.6. The summed E-state index contributed by atoms with van der Waals surface area (Å²) in [5, 5.41) is 0. The number of carbonyl (C=O) groups excluding carboxylic acids is 1. The molecule has 0 atom stereocenters. The Morgan fingerprint density at radius 1 is 1.06 bits per heavy atom. The van der Waals surface area contributed by atoms with E-state index in [0.29, 0.717) is 11.2 Å². The minimum atomic E-state index is 0.331. The maximum absolute atomic E-state index is 11.0. The molecule has 1 saturated heterocycles. The van der Waals surface area contributed by atoms with Crippen molar-refractivity contribution in [1.82, 2.24) is 4.90 Å². The molecule has 0 amide bonds. The molecule has 0 N–H and O–H groups in total. The summed E-state index contributed by atoms with van der Waals surface area (Å²) in [5.41, 5.74) is 0.699. The first-order chi connectivity index (χ1) is 7.70. The summed E-state index contributed by atoms with van der Waals surface area (Å²) in [6.07, 6.45) is 10.8. The van der Waals surface area contributed by atoms with Crippen LogP contribution in [0.4, 0.5) is 0 Å². The number of likely N-dealkylation sites (tertiary alicyclic amines) is 1. The fraction of sp³-hybridized carbons (Fsp3) is 0.929. The maximum atomic E-state index is 11.0. The molecule has 1 aliphatic heterocycles. The highest BCUT2D eigenvalue weighted by atomic mass is 16.1. The molecule has 2 rings (SSSR count). The predicted molar refractivity (Wildman–Crippen MR) is 66.5 cm³/mol. The number of hydrogen-bond acceptors (Lipinski definition) is 2. The van der Waals surface area contributed by atoms with Gasteiger partial charge in [0.2, 0.25) is 0 Å². The Morgan fingerprint density at radius 3 is 2.25 bits per heavy atom. The molecule has 1 spiro atoms. The Kier molecular flexibility index (Phi) is 4.01. The molecule has 0 aromatic rings. The van der Waals surface area contributed by atoms with E-state index in [9.17, 15) is 4.79 Å². The van der Waals surface area contributed by atoms with Gasteiger partial charge in [-0.1, -0.05) is 19.3 Å². The van der Waals surface area contributed by atoms with Crippen LogP contribution in [0.5, 0.6) is 0 Å². The molecule has 2 aliphatic rings. The van der Waals surface area contributed by atoms with Crippen LogP contribution in [0, 0.1) is 5.41 Å². The minimum absolute atomic E-state index is 0.331. The van der Waals surface area contributed by atoms with Crippen LogP contribution in [0.3, 0.4) is 0 Å². The van der Waals surface area contributed by atoms with E-state index in [1.165, 1.54) is 58.0 Å². The van der Waals surface area contributed by atoms with Gasteiger partial charge in [0.15, 0.2) is 0 Å². The molecule has 1 aliphatic carbocycles. The fourth-order valence-corrected chi connectivity index (χ4v) is 3.37. The van der Waals surface area contributed by atoms with Crippen molar-refractivity contribution in [1.29, 1.82) is 0 Å². The van der Waals surface area contributed by atoms with Gasteiger partial charge in [-0.3, -0.25) is 4.79 Å². The molecular formula is C14H25NO. The van der Waals surface area contributed by atoms with Crippen molar-refractivity contribution < 1.29 is 4.79 Å². The van der Waals surface area contributed by atoms with E-state index in [4.69, 9.17) is 0 Å². The van der Waals surface area contributed by atoms with E-state index < -0.39 is 0 Å². The smallest absolute Gasteiger partial charge is 0.131 e. The molecule has 0 unspecified atom stereocenters. The quantitative estimate of drug-likeness (QED) is 0.733. The molecule has 0 aromatic carbocycles. The Morgan fingerprint density at radius 2 is 1.69 bits per heavy atom. The molecular weight excluding hydrogens is 198 g/mol. The van der Waals surface area contributed by atoms with Gasteiger partial charge in [0.1, 0.15) is 5.78 Å². The minimum Gasteiger partial charge on any atom is -0.303 e. The van der Waals surface area contributed by atoms with Gasteiger partial charge < -0.3 is 4.90 Å². The lowest BCUT2D eigenvalue weighted by Gasteiger charge is -2.44. The van der Waals surface area contributed by atoms with Crippen LogP contribution >= 0.6 is 0 Å². The van der Waals surface area contributed by atoms with Crippen LogP contribution in [0.15, 0.2) is 0 Å². The van der Waals surface area contributed by atoms with Crippen LogP contribution < -0.4 is 0 Å². The first kappa shape index (κ1) is 12.1. The third-order valence-corrected chi connectivity index (χ3v) is 4.61. The molecule has 16 heavy (non-hydrogen) atoms. The number of piperidine rings is 1. The largest absolute Gasteiger partial charge is 0.303 e. The molecule has 0 bridgehead atoms. The van der Waals surface area contributed by atoms with Crippen molar-refractivity contribution in [2.75, 3.05) is 19.6 Å². The monoisotopic (exact) mass is 223 g/mol. The van der Waals surface area contributed by atoms with Gasteiger partial charge in [-0.2, -0.15) is 0 Å². The predicted octanol–water partition coefficient (Wildman–Crippen LogP) is 3.01. The van der Waals surface area contributed by atoms with Crippen molar-refractivity contribution in [3.05, 3.63) is 0 Å². The van der Waals surface area contributed by atoms with Crippen LogP contribution in [0.1, 0.15) is 58.3 Å². The van der Waals surface area contributed by atoms with Gasteiger partial charge >= 0.3 is 0 Å². The second-order valence-corrected chi connectivity index (χ2v) is 5.85. The van der Waals surface area contributed by atoms with Crippen LogP contribution in [0.2, 0.25) is 0 Å². The number of nitrogens with zero attached hydrogens (tertiary/aromatic N) is 1. The van der Waals surface area contributed by atoms with Gasteiger partial charge in [-0.05, 0) is 51.1 Å². The maximum Gasteiger partial charge on any atom is 0.131 e. The number of carbonyl (C=O) groups is 1. The summed E-state index contributed by atoms with van der Waals surface area (Å²) in [7, 11) is 0. The van der Waals surface area contributed by atoms with E-state index in [1.54, 1.807) is 6.92 Å². The summed E-state index contributed by atoms with van der Waals surface area (Å²) in [4.78, 5) is 13.4. The Balaban J connectivity index is 1.75. The Labute approximate surface area is 99.4 Å². The van der Waals surface area contributed by atoms with Gasteiger partial charge in [0.05, 0.1) is 0 Å². The molecule has 0 aromatic heterocycles. The number of hydrogen-bond donors (Lipinski definition) is 0. The van der Waals surface area contributed by atoms with Gasteiger partial charge in [0, 0.05) is 13.0 Å². The summed E-state index contributed by atoms with van der Waals surface area (Å²) >= 11 is 0. The standard InChI is InChI=1S/C14H25NO/c1-13(16)5-10-15-11-8-14(9-12-15)6-3-2-4-7-14/h2-12H2,1H3. The van der Waals surface area contributed by atoms with E-state index in [-0.39, 0.29) is 0 Å². The molecule has 1 heterocycles. The number of rotatable bonds is 3. The van der Waals surface area contributed by atoms with Crippen molar-refractivity contribution in [2.24, 2.45) is 5.41 Å². The highest BCUT2D eigenvalue weighted by Gasteiger charge is 2.35. The first-order valence-electron chi connectivity index (χ1n) is 6.92. The SMILES string of the molecule is CC(=O)CCN1CCC2(CCCCC2)CC1. The lowest BCUT2D eigenvalue weighted by molar-refractivity contribution is -0.117. The lowest BCUT2D eigenvalue weighted by Crippen LogP contribution is -2.41. The second kappa shape index (κ2) is 5.31. The molecule has 0 radical (unpaired) electrons. The summed E-state index contributed by atoms with van der Waals surface area (Å²) in [5.74, 6) is 0.331. The average Bonchev–Trinajstić information content (AvgIpc) is 2.29. The van der Waals surface area contributed by atoms with Gasteiger partial charge in [-0.25, -0.2) is 0 Å². The average molecular weight is 223 g/mol. The van der Waals surface area contributed by atoms with Crippen molar-refractivity contribution in [3.8, 4) is 0 Å². The summed E-state index contributed by atoms with van der Waals surface area (Å²) < 4.78 is 0. The third kappa shape index (κ3) is 3.07. The van der Waals surface area contributed by atoms with Crippen LogP contribution in [-0.4, -0.2) is 30.3 Å². The van der Waals surface area contributed by atoms with Crippen LogP contribution in [0.25, 0.3) is 0 Å². The van der Waals surface area contributed by atoms with Gasteiger partial charge in [-0.15, -0.1) is 0 Å². The van der Waals surface area contributed by atoms with Crippen molar-refractivity contribution in [2.45, 2.75) is 58.3 Å². The third-order valence-electron chi connectivity index (χ3n) is 4.61. The molecule has 2 nitrogen and oxygen atoms in total. The lowest BCUT2D eigenvalue weighted by atomic mass is 9.68. The normalized spacial score (nSPS) is 25.8. The topological polar surface area (TPSA) is 20.3 Å². The van der Waals surface area contributed by atoms with Crippen molar-refractivity contribution in [3.63, 3.8) is 0 Å². The fourth-order valence-electron chi connectivity index (χ4n) is 3.37. The number of Topliss-reactive ketones (excluding diaryl/α,β-unsaturated/α-hetero) is 1. The Hall–Kier alpha value is -0.370. The zero-order valence-electron chi connectivity index (χ0n) is 10.6. The molecule has 1 saturated carbocycles. The summed E-state index contributed by atoms with van der Waals surface area (Å²) in [6.45, 7) is 5.15. The highest BCUT2D eigenvalue weighted by Crippen LogP contribution is 2.44. The zero-order chi connectivity index (χ0) is 11.4. The van der Waals surface area contributed by atoms with Gasteiger partial charge in [0.25, 0.3) is 0 Å². The summed E-state index contributed by atoms with van der Waals surface area (Å²) in [6, 6.07) is 0. The molecule has 2 heteroatoms. The van der Waals surface area contributed by atoms with E-state index in [1.807, 2.05) is 0 Å². The van der Waals surface area contributed by atoms with E-state index in [2.05, 4.69) is 4.90 Å². The first-order valence-corrected chi connectivity index (χ1v) is 6.92. The number of ketones is 1. The van der Waals surface area contributed by atoms with Crippen molar-refractivity contribution >= 4 is 5.78 Å². The van der Waals surface area contributed by atoms with E-state index in [0.717, 1.165) is 13.0 Å². The van der Waals surface area contributed by atoms with E-state index >= 15 is 0 Å². The van der Waals surface area contributed by atoms with Crippen LogP contribution in [-0.2, 0) is 4.79 Å². The molecule has 2 fully saturated rings. The molecule has 92 valence electrons.